The van der Waals surface area contributed by atoms with E-state index in [0.717, 1.165) is 0 Å². The minimum absolute atomic E-state index is 0.402. The molecule has 0 bridgehead atoms. The second kappa shape index (κ2) is 13.9. The second-order valence-corrected chi connectivity index (χ2v) is 7.15. The molecule has 3 amide bonds. The van der Waals surface area contributed by atoms with Crippen molar-refractivity contribution >= 4 is 35.6 Å². The molecular weight excluding hydrogens is 432 g/mol. The molecule has 5 atom stereocenters. The predicted molar refractivity (Wildman–Crippen MR) is 107 cm³/mol. The normalized spacial score (nSPS) is 15.4. The number of hydrogen-bond acceptors (Lipinski definition) is 8. The maximum absolute atomic E-state index is 12.7. The van der Waals surface area contributed by atoms with Crippen molar-refractivity contribution in [1.29, 1.82) is 0 Å². The van der Waals surface area contributed by atoms with Crippen molar-refractivity contribution in [1.82, 2.24) is 16.0 Å². The number of amides is 3. The first kappa shape index (κ1) is 28.7. The average Bonchev–Trinajstić information content (AvgIpc) is 2.71. The first-order valence-electron chi connectivity index (χ1n) is 9.77. The third-order valence-electron chi connectivity index (χ3n) is 4.60. The number of hydrogen-bond donors (Lipinski definition) is 8. The van der Waals surface area contributed by atoms with Crippen LogP contribution in [-0.2, 0) is 28.8 Å². The van der Waals surface area contributed by atoms with Crippen molar-refractivity contribution in [2.75, 3.05) is 6.61 Å². The zero-order valence-corrected chi connectivity index (χ0v) is 17.7. The van der Waals surface area contributed by atoms with Gasteiger partial charge in [0, 0.05) is 6.42 Å². The van der Waals surface area contributed by atoms with Gasteiger partial charge in [-0.05, 0) is 12.3 Å². The molecule has 0 aromatic carbocycles. The van der Waals surface area contributed by atoms with Gasteiger partial charge < -0.3 is 42.1 Å². The molecule has 0 fully saturated rings. The Balaban J connectivity index is 5.54. The van der Waals surface area contributed by atoms with Crippen LogP contribution >= 0.6 is 0 Å². The van der Waals surface area contributed by atoms with Crippen LogP contribution in [0.5, 0.6) is 0 Å². The molecule has 0 aliphatic rings. The molecule has 0 rings (SSSR count). The van der Waals surface area contributed by atoms with E-state index in [4.69, 9.17) is 26.2 Å². The van der Waals surface area contributed by atoms with E-state index < -0.39 is 91.6 Å². The van der Waals surface area contributed by atoms with Crippen LogP contribution in [-0.4, -0.2) is 86.8 Å². The molecule has 0 saturated heterocycles. The van der Waals surface area contributed by atoms with Gasteiger partial charge in [0.25, 0.3) is 0 Å². The number of aliphatic carboxylic acids is 3. The van der Waals surface area contributed by atoms with E-state index in [1.807, 2.05) is 5.32 Å². The summed E-state index contributed by atoms with van der Waals surface area (Å²) < 4.78 is 0. The standard InChI is InChI=1S/C18H30N4O10/c1-3-8(2)14(22-15(28)9(19)7-23)17(30)21-11(6-13(26)27)16(29)20-10(18(31)32)4-5-12(24)25/h8-11,14,23H,3-7,19H2,1-2H3,(H,20,29)(H,21,30)(H,22,28)(H,24,25)(H,26,27)(H,31,32). The van der Waals surface area contributed by atoms with E-state index in [2.05, 4.69) is 10.6 Å². The molecule has 0 aliphatic carbocycles. The summed E-state index contributed by atoms with van der Waals surface area (Å²) in [6.45, 7) is 2.63. The third-order valence-corrected chi connectivity index (χ3v) is 4.60. The second-order valence-electron chi connectivity index (χ2n) is 7.15. The van der Waals surface area contributed by atoms with Crippen LogP contribution in [0, 0.1) is 5.92 Å². The molecule has 32 heavy (non-hydrogen) atoms. The summed E-state index contributed by atoms with van der Waals surface area (Å²) in [5.74, 6) is -7.70. The summed E-state index contributed by atoms with van der Waals surface area (Å²) in [5, 5.41) is 42.4. The number of nitrogens with two attached hydrogens (primary N) is 1. The number of carbonyl (C=O) groups excluding carboxylic acids is 3. The highest BCUT2D eigenvalue weighted by Crippen LogP contribution is 2.10. The average molecular weight is 462 g/mol. The largest absolute Gasteiger partial charge is 0.481 e. The van der Waals surface area contributed by atoms with Crippen molar-refractivity contribution in [2.45, 2.75) is 63.7 Å². The first-order chi connectivity index (χ1) is 14.8. The summed E-state index contributed by atoms with van der Waals surface area (Å²) in [5.41, 5.74) is 5.42. The number of nitrogens with one attached hydrogen (secondary N) is 3. The Labute approximate surface area is 183 Å². The highest BCUT2D eigenvalue weighted by atomic mass is 16.4. The summed E-state index contributed by atoms with van der Waals surface area (Å²) in [4.78, 5) is 70.3. The van der Waals surface area contributed by atoms with Crippen LogP contribution in [0.3, 0.4) is 0 Å². The lowest BCUT2D eigenvalue weighted by Gasteiger charge is -2.27. The van der Waals surface area contributed by atoms with Gasteiger partial charge in [-0.2, -0.15) is 0 Å². The Morgan fingerprint density at radius 3 is 1.84 bits per heavy atom. The van der Waals surface area contributed by atoms with Crippen LogP contribution in [0.2, 0.25) is 0 Å². The molecule has 0 aromatic rings. The summed E-state index contributed by atoms with van der Waals surface area (Å²) in [7, 11) is 0. The zero-order valence-electron chi connectivity index (χ0n) is 17.7. The van der Waals surface area contributed by atoms with Crippen molar-refractivity contribution in [3.63, 3.8) is 0 Å². The first-order valence-corrected chi connectivity index (χ1v) is 9.77. The van der Waals surface area contributed by atoms with Crippen molar-refractivity contribution < 1.29 is 49.2 Å². The lowest BCUT2D eigenvalue weighted by molar-refractivity contribution is -0.144. The molecule has 182 valence electrons. The molecule has 9 N–H and O–H groups in total. The van der Waals surface area contributed by atoms with E-state index >= 15 is 0 Å². The minimum Gasteiger partial charge on any atom is -0.481 e. The monoisotopic (exact) mass is 462 g/mol. The smallest absolute Gasteiger partial charge is 0.326 e. The molecular formula is C18H30N4O10. The summed E-state index contributed by atoms with van der Waals surface area (Å²) in [6, 6.07) is -5.87. The van der Waals surface area contributed by atoms with Crippen LogP contribution < -0.4 is 21.7 Å². The van der Waals surface area contributed by atoms with Gasteiger partial charge in [-0.1, -0.05) is 20.3 Å². The van der Waals surface area contributed by atoms with E-state index in [0.29, 0.717) is 6.42 Å². The third kappa shape index (κ3) is 10.2. The zero-order chi connectivity index (χ0) is 25.0. The van der Waals surface area contributed by atoms with Gasteiger partial charge in [0.05, 0.1) is 13.0 Å². The van der Waals surface area contributed by atoms with Crippen molar-refractivity contribution in [2.24, 2.45) is 11.7 Å². The number of carboxylic acid groups (broad SMARTS) is 3. The maximum atomic E-state index is 12.7. The van der Waals surface area contributed by atoms with E-state index in [9.17, 15) is 28.8 Å². The van der Waals surface area contributed by atoms with E-state index in [1.54, 1.807) is 13.8 Å². The van der Waals surface area contributed by atoms with Crippen LogP contribution in [0.15, 0.2) is 0 Å². The van der Waals surface area contributed by atoms with Crippen LogP contribution in [0.25, 0.3) is 0 Å². The van der Waals surface area contributed by atoms with Gasteiger partial charge in [0.2, 0.25) is 17.7 Å². The topological polar surface area (TPSA) is 245 Å². The number of rotatable bonds is 15. The maximum Gasteiger partial charge on any atom is 0.326 e. The molecule has 5 unspecified atom stereocenters. The minimum atomic E-state index is -1.71. The lowest BCUT2D eigenvalue weighted by Crippen LogP contribution is -2.59. The highest BCUT2D eigenvalue weighted by Gasteiger charge is 2.33. The van der Waals surface area contributed by atoms with Gasteiger partial charge in [-0.15, -0.1) is 0 Å². The van der Waals surface area contributed by atoms with Gasteiger partial charge in [0.1, 0.15) is 24.2 Å². The fourth-order valence-electron chi connectivity index (χ4n) is 2.49. The number of aliphatic hydroxyl groups is 1. The van der Waals surface area contributed by atoms with Gasteiger partial charge in [-0.3, -0.25) is 24.0 Å². The van der Waals surface area contributed by atoms with E-state index in [1.165, 1.54) is 0 Å². The SMILES string of the molecule is CCC(C)C(NC(=O)C(N)CO)C(=O)NC(CC(=O)O)C(=O)NC(CCC(=O)O)C(=O)O. The van der Waals surface area contributed by atoms with Gasteiger partial charge in [-0.25, -0.2) is 4.79 Å². The lowest BCUT2D eigenvalue weighted by atomic mass is 9.97. The molecule has 14 nitrogen and oxygen atoms in total. The molecule has 0 radical (unpaired) electrons. The fraction of sp³-hybridized carbons (Fsp3) is 0.667. The number of carbonyl (C=O) groups is 6. The number of aliphatic hydroxyl groups excluding tert-OH is 1. The Morgan fingerprint density at radius 1 is 0.844 bits per heavy atom. The molecule has 0 aromatic heterocycles. The summed E-state index contributed by atoms with van der Waals surface area (Å²) in [6.07, 6.45) is -1.53. The Bertz CT molecular complexity index is 714. The molecule has 0 spiro atoms. The Hall–Kier alpha value is -3.26. The van der Waals surface area contributed by atoms with Gasteiger partial charge in [0.15, 0.2) is 0 Å². The molecule has 14 heteroatoms. The van der Waals surface area contributed by atoms with Crippen LogP contribution in [0.4, 0.5) is 0 Å². The quantitative estimate of drug-likeness (QED) is 0.124. The Morgan fingerprint density at radius 2 is 1.41 bits per heavy atom. The highest BCUT2D eigenvalue weighted by molar-refractivity contribution is 5.95. The number of carboxylic acids is 3. The van der Waals surface area contributed by atoms with Crippen LogP contribution in [0.1, 0.15) is 39.5 Å². The Kier molecular flexibility index (Phi) is 12.5. The van der Waals surface area contributed by atoms with Crippen molar-refractivity contribution in [3.05, 3.63) is 0 Å². The molecule has 0 aliphatic heterocycles. The van der Waals surface area contributed by atoms with E-state index in [-0.39, 0.29) is 0 Å². The molecule has 0 saturated carbocycles. The fourth-order valence-corrected chi connectivity index (χ4v) is 2.49. The predicted octanol–water partition coefficient (Wildman–Crippen LogP) is -2.77. The summed E-state index contributed by atoms with van der Waals surface area (Å²) >= 11 is 0. The van der Waals surface area contributed by atoms with Gasteiger partial charge >= 0.3 is 17.9 Å². The van der Waals surface area contributed by atoms with Crippen molar-refractivity contribution in [3.8, 4) is 0 Å². The molecule has 0 heterocycles.